The van der Waals surface area contributed by atoms with Crippen molar-refractivity contribution < 1.29 is 4.74 Å². The highest BCUT2D eigenvalue weighted by atomic mass is 16.5. The lowest BCUT2D eigenvalue weighted by Crippen LogP contribution is -2.15. The van der Waals surface area contributed by atoms with Gasteiger partial charge < -0.3 is 9.64 Å². The first-order valence-corrected chi connectivity index (χ1v) is 8.01. The van der Waals surface area contributed by atoms with Gasteiger partial charge in [-0.2, -0.15) is 0 Å². The summed E-state index contributed by atoms with van der Waals surface area (Å²) in [4.78, 5) is 7.22. The van der Waals surface area contributed by atoms with Crippen LogP contribution in [0.25, 0.3) is 32.9 Å². The summed E-state index contributed by atoms with van der Waals surface area (Å²) >= 11 is 0. The van der Waals surface area contributed by atoms with Crippen molar-refractivity contribution in [1.82, 2.24) is 4.98 Å². The fourth-order valence-electron chi connectivity index (χ4n) is 3.71. The minimum atomic E-state index is 0.867. The number of fused-ring (bicyclic) bond motifs is 4. The maximum atomic E-state index is 5.57. The van der Waals surface area contributed by atoms with Gasteiger partial charge >= 0.3 is 0 Å². The summed E-state index contributed by atoms with van der Waals surface area (Å²) in [5.41, 5.74) is 5.54. The lowest BCUT2D eigenvalue weighted by atomic mass is 9.93. The summed E-state index contributed by atoms with van der Waals surface area (Å²) < 4.78 is 5.57. The number of hydrogen-bond donors (Lipinski definition) is 0. The van der Waals surface area contributed by atoms with Gasteiger partial charge in [-0.05, 0) is 23.6 Å². The second-order valence-corrected chi connectivity index (χ2v) is 6.12. The van der Waals surface area contributed by atoms with E-state index in [2.05, 4.69) is 66.5 Å². The number of ether oxygens (including phenoxy) is 1. The van der Waals surface area contributed by atoms with Crippen molar-refractivity contribution in [3.63, 3.8) is 0 Å². The van der Waals surface area contributed by atoms with E-state index in [0.29, 0.717) is 0 Å². The van der Waals surface area contributed by atoms with Crippen molar-refractivity contribution in [1.29, 1.82) is 0 Å². The number of rotatable bonds is 1. The molecule has 1 aliphatic rings. The van der Waals surface area contributed by atoms with Gasteiger partial charge in [0.2, 0.25) is 0 Å². The number of nitrogens with zero attached hydrogens (tertiary/aromatic N) is 2. The van der Waals surface area contributed by atoms with E-state index < -0.39 is 0 Å². The van der Waals surface area contributed by atoms with E-state index in [-0.39, 0.29) is 0 Å². The zero-order valence-electron chi connectivity index (χ0n) is 13.6. The summed E-state index contributed by atoms with van der Waals surface area (Å²) in [6.07, 6.45) is 0. The van der Waals surface area contributed by atoms with Crippen LogP contribution < -0.4 is 9.64 Å². The standard InChI is InChI=1S/C21H16N2O/c1-23-18-10-6-4-8-15(18)21-20-16(11-13(24-2)12-19(20)23)14-7-3-5-9-17(14)22-21/h3-12H,1-2H3. The Kier molecular flexibility index (Phi) is 2.63. The van der Waals surface area contributed by atoms with Gasteiger partial charge in [0.25, 0.3) is 0 Å². The molecule has 4 aromatic rings. The smallest absolute Gasteiger partial charge is 0.121 e. The predicted octanol–water partition coefficient (Wildman–Crippen LogP) is 5.14. The third-order valence-electron chi connectivity index (χ3n) is 4.87. The van der Waals surface area contributed by atoms with E-state index in [1.165, 1.54) is 22.0 Å². The Balaban J connectivity index is 2.06. The van der Waals surface area contributed by atoms with E-state index >= 15 is 0 Å². The Morgan fingerprint density at radius 3 is 2.54 bits per heavy atom. The average molecular weight is 312 g/mol. The third kappa shape index (κ3) is 1.64. The fraction of sp³-hybridized carbons (Fsp3) is 0.0952. The van der Waals surface area contributed by atoms with Crippen molar-refractivity contribution in [2.45, 2.75) is 0 Å². The third-order valence-corrected chi connectivity index (χ3v) is 4.87. The molecule has 1 aliphatic heterocycles. The molecular formula is C21H16N2O. The molecule has 0 aliphatic carbocycles. The van der Waals surface area contributed by atoms with Crippen LogP contribution in [0.3, 0.4) is 0 Å². The van der Waals surface area contributed by atoms with Gasteiger partial charge in [-0.3, -0.25) is 0 Å². The van der Waals surface area contributed by atoms with E-state index in [1.807, 2.05) is 6.07 Å². The van der Waals surface area contributed by atoms with E-state index in [9.17, 15) is 0 Å². The van der Waals surface area contributed by atoms with Crippen molar-refractivity contribution in [2.24, 2.45) is 0 Å². The summed E-state index contributed by atoms with van der Waals surface area (Å²) in [5.74, 6) is 0.867. The highest BCUT2D eigenvalue weighted by Crippen LogP contribution is 2.48. The maximum Gasteiger partial charge on any atom is 0.121 e. The topological polar surface area (TPSA) is 25.4 Å². The molecule has 3 nitrogen and oxygen atoms in total. The molecule has 3 aromatic carbocycles. The van der Waals surface area contributed by atoms with Gasteiger partial charge in [0.1, 0.15) is 5.75 Å². The van der Waals surface area contributed by atoms with Gasteiger partial charge in [0.05, 0.1) is 29.7 Å². The first-order chi connectivity index (χ1) is 11.8. The molecular weight excluding hydrogens is 296 g/mol. The molecule has 24 heavy (non-hydrogen) atoms. The molecule has 0 bridgehead atoms. The normalized spacial score (nSPS) is 12.5. The quantitative estimate of drug-likeness (QED) is 0.455. The van der Waals surface area contributed by atoms with Gasteiger partial charge in [-0.25, -0.2) is 4.98 Å². The van der Waals surface area contributed by atoms with Crippen LogP contribution in [0.15, 0.2) is 60.7 Å². The average Bonchev–Trinajstić information content (AvgIpc) is 2.65. The number of para-hydroxylation sites is 2. The lowest BCUT2D eigenvalue weighted by molar-refractivity contribution is 0.415. The molecule has 3 heteroatoms. The Labute approximate surface area is 140 Å². The minimum Gasteiger partial charge on any atom is -0.497 e. The van der Waals surface area contributed by atoms with Crippen molar-refractivity contribution in [3.8, 4) is 17.0 Å². The van der Waals surface area contributed by atoms with Gasteiger partial charge in [-0.15, -0.1) is 0 Å². The first-order valence-electron chi connectivity index (χ1n) is 8.01. The van der Waals surface area contributed by atoms with Crippen LogP contribution in [0.4, 0.5) is 11.4 Å². The van der Waals surface area contributed by atoms with Crippen LogP contribution in [-0.4, -0.2) is 19.1 Å². The highest BCUT2D eigenvalue weighted by Gasteiger charge is 2.25. The van der Waals surface area contributed by atoms with Crippen molar-refractivity contribution >= 4 is 33.1 Å². The van der Waals surface area contributed by atoms with Crippen molar-refractivity contribution in [3.05, 3.63) is 60.7 Å². The molecule has 2 heterocycles. The number of aromatic nitrogens is 1. The van der Waals surface area contributed by atoms with E-state index in [4.69, 9.17) is 9.72 Å². The molecule has 0 atom stereocenters. The Morgan fingerprint density at radius 2 is 1.67 bits per heavy atom. The molecule has 0 N–H and O–H groups in total. The largest absolute Gasteiger partial charge is 0.497 e. The van der Waals surface area contributed by atoms with Crippen LogP contribution in [0, 0.1) is 0 Å². The number of pyridine rings is 1. The molecule has 0 saturated heterocycles. The number of anilines is 2. The first kappa shape index (κ1) is 13.4. The fourth-order valence-corrected chi connectivity index (χ4v) is 3.71. The van der Waals surface area contributed by atoms with Crippen LogP contribution in [0.5, 0.6) is 5.75 Å². The van der Waals surface area contributed by atoms with Crippen LogP contribution in [-0.2, 0) is 0 Å². The number of benzene rings is 3. The Hall–Kier alpha value is -3.07. The Morgan fingerprint density at radius 1 is 0.875 bits per heavy atom. The van der Waals surface area contributed by atoms with Gasteiger partial charge in [0.15, 0.2) is 0 Å². The molecule has 0 saturated carbocycles. The second kappa shape index (κ2) is 4.71. The summed E-state index contributed by atoms with van der Waals surface area (Å²) in [6.45, 7) is 0. The minimum absolute atomic E-state index is 0.867. The summed E-state index contributed by atoms with van der Waals surface area (Å²) in [7, 11) is 3.82. The predicted molar refractivity (Wildman–Crippen MR) is 99.3 cm³/mol. The van der Waals surface area contributed by atoms with Gasteiger partial charge in [-0.1, -0.05) is 36.4 Å². The van der Waals surface area contributed by atoms with Crippen molar-refractivity contribution in [2.75, 3.05) is 19.1 Å². The molecule has 0 fully saturated rings. The van der Waals surface area contributed by atoms with Crippen LogP contribution >= 0.6 is 0 Å². The lowest BCUT2D eigenvalue weighted by Gasteiger charge is -2.30. The van der Waals surface area contributed by atoms with E-state index in [1.54, 1.807) is 7.11 Å². The molecule has 1 aromatic heterocycles. The molecule has 0 amide bonds. The summed E-state index contributed by atoms with van der Waals surface area (Å²) in [6, 6.07) is 20.9. The second-order valence-electron chi connectivity index (χ2n) is 6.12. The molecule has 0 radical (unpaired) electrons. The maximum absolute atomic E-state index is 5.57. The Bertz CT molecular complexity index is 1120. The monoisotopic (exact) mass is 312 g/mol. The molecule has 116 valence electrons. The zero-order chi connectivity index (χ0) is 16.3. The number of methoxy groups -OCH3 is 1. The van der Waals surface area contributed by atoms with Gasteiger partial charge in [0, 0.05) is 29.4 Å². The number of hydrogen-bond acceptors (Lipinski definition) is 3. The highest BCUT2D eigenvalue weighted by molar-refractivity contribution is 6.19. The zero-order valence-corrected chi connectivity index (χ0v) is 13.6. The SMILES string of the molecule is COc1cc2c3c(nc4ccccc4c3c1)-c1ccccc1N2C. The molecule has 0 unspecified atom stereocenters. The summed E-state index contributed by atoms with van der Waals surface area (Å²) in [5, 5.41) is 3.53. The van der Waals surface area contributed by atoms with E-state index in [0.717, 1.165) is 28.0 Å². The van der Waals surface area contributed by atoms with Crippen LogP contribution in [0.1, 0.15) is 0 Å². The molecule has 5 rings (SSSR count). The van der Waals surface area contributed by atoms with Crippen LogP contribution in [0.2, 0.25) is 0 Å². The molecule has 0 spiro atoms.